The summed E-state index contributed by atoms with van der Waals surface area (Å²) in [5.41, 5.74) is -0.652. The Morgan fingerprint density at radius 3 is 2.61 bits per heavy atom. The van der Waals surface area contributed by atoms with Crippen molar-refractivity contribution >= 4 is 50.1 Å². The molecule has 0 unspecified atom stereocenters. The number of anilines is 1. The van der Waals surface area contributed by atoms with Gasteiger partial charge in [0.05, 0.1) is 12.1 Å². The van der Waals surface area contributed by atoms with Crippen LogP contribution in [0.1, 0.15) is 30.1 Å². The second-order valence-corrected chi connectivity index (χ2v) is 9.84. The molecular formula is C25H26N6O4S. The first kappa shape index (κ1) is 23.7. The minimum Gasteiger partial charge on any atom is -0.338 e. The van der Waals surface area contributed by atoms with E-state index >= 15 is 0 Å². The second-order valence-electron chi connectivity index (χ2n) is 8.79. The van der Waals surface area contributed by atoms with Crippen molar-refractivity contribution in [3.63, 3.8) is 0 Å². The standard InChI is InChI=1S/C25H26N6O4S/c1-2-26-24(35)28-21-20(16-7-3-4-8-17(16)36-21)22(33)30-13-10-25(11-14-30)23(34)27-18(29-25)15-31-12-6-5-9-19(31)32/h3-9,12H,2,10-11,13-15H2,1H3,(H2,26,28,35)(H,27,29,34). The van der Waals surface area contributed by atoms with Gasteiger partial charge in [-0.3, -0.25) is 24.7 Å². The average Bonchev–Trinajstić information content (AvgIpc) is 3.37. The van der Waals surface area contributed by atoms with Gasteiger partial charge in [0.15, 0.2) is 0 Å². The number of amidine groups is 1. The van der Waals surface area contributed by atoms with Crippen LogP contribution in [0.4, 0.5) is 9.80 Å². The molecule has 2 aromatic heterocycles. The molecule has 0 bridgehead atoms. The molecule has 0 saturated carbocycles. The molecule has 2 aliphatic heterocycles. The Hall–Kier alpha value is -3.99. The maximum absolute atomic E-state index is 13.6. The van der Waals surface area contributed by atoms with Gasteiger partial charge in [-0.15, -0.1) is 11.3 Å². The molecule has 3 N–H and O–H groups in total. The van der Waals surface area contributed by atoms with Crippen molar-refractivity contribution in [2.75, 3.05) is 25.0 Å². The quantitative estimate of drug-likeness (QED) is 0.491. The van der Waals surface area contributed by atoms with Crippen LogP contribution in [-0.2, 0) is 11.3 Å². The third-order valence-electron chi connectivity index (χ3n) is 6.50. The zero-order chi connectivity index (χ0) is 25.3. The van der Waals surface area contributed by atoms with E-state index in [1.54, 1.807) is 23.2 Å². The SMILES string of the molecule is CCNC(=O)Nc1sc2ccccc2c1C(=O)N1CCC2(CC1)N=C(Cn1ccccc1=O)NC2=O. The second kappa shape index (κ2) is 9.57. The molecule has 0 aliphatic carbocycles. The number of urea groups is 1. The van der Waals surface area contributed by atoms with Crippen LogP contribution in [0.5, 0.6) is 0 Å². The summed E-state index contributed by atoms with van der Waals surface area (Å²) in [4.78, 5) is 57.2. The number of rotatable bonds is 5. The van der Waals surface area contributed by atoms with E-state index in [2.05, 4.69) is 20.9 Å². The number of fused-ring (bicyclic) bond motifs is 1. The summed E-state index contributed by atoms with van der Waals surface area (Å²) in [7, 11) is 0. The topological polar surface area (TPSA) is 125 Å². The zero-order valence-electron chi connectivity index (χ0n) is 19.7. The van der Waals surface area contributed by atoms with Crippen LogP contribution in [0.25, 0.3) is 10.1 Å². The minimum atomic E-state index is -0.941. The summed E-state index contributed by atoms with van der Waals surface area (Å²) in [6.45, 7) is 3.17. The molecule has 4 heterocycles. The van der Waals surface area contributed by atoms with Gasteiger partial charge in [-0.2, -0.15) is 0 Å². The molecule has 1 spiro atoms. The summed E-state index contributed by atoms with van der Waals surface area (Å²) < 4.78 is 2.39. The van der Waals surface area contributed by atoms with Crippen LogP contribution in [0, 0.1) is 0 Å². The predicted octanol–water partition coefficient (Wildman–Crippen LogP) is 2.41. The first-order valence-corrected chi connectivity index (χ1v) is 12.6. The van der Waals surface area contributed by atoms with Crippen LogP contribution in [0.15, 0.2) is 58.4 Å². The van der Waals surface area contributed by atoms with Gasteiger partial charge < -0.3 is 20.1 Å². The lowest BCUT2D eigenvalue weighted by Crippen LogP contribution is -2.50. The Morgan fingerprint density at radius 2 is 1.86 bits per heavy atom. The Labute approximate surface area is 211 Å². The molecule has 1 aromatic carbocycles. The van der Waals surface area contributed by atoms with Gasteiger partial charge in [0.2, 0.25) is 0 Å². The third-order valence-corrected chi connectivity index (χ3v) is 7.59. The maximum atomic E-state index is 13.6. The van der Waals surface area contributed by atoms with E-state index in [4.69, 9.17) is 0 Å². The number of aromatic nitrogens is 1. The number of benzene rings is 1. The number of thiophene rings is 1. The van der Waals surface area contributed by atoms with E-state index in [0.717, 1.165) is 10.1 Å². The van der Waals surface area contributed by atoms with Crippen molar-refractivity contribution in [3.05, 3.63) is 64.6 Å². The van der Waals surface area contributed by atoms with E-state index < -0.39 is 5.54 Å². The van der Waals surface area contributed by atoms with Crippen molar-refractivity contribution in [1.82, 2.24) is 20.1 Å². The molecule has 1 fully saturated rings. The molecule has 11 heteroatoms. The molecule has 0 radical (unpaired) electrons. The molecule has 10 nitrogen and oxygen atoms in total. The predicted molar refractivity (Wildman–Crippen MR) is 139 cm³/mol. The third kappa shape index (κ3) is 4.37. The molecule has 1 saturated heterocycles. The van der Waals surface area contributed by atoms with Crippen molar-refractivity contribution in [3.8, 4) is 0 Å². The molecule has 186 valence electrons. The van der Waals surface area contributed by atoms with E-state index in [1.165, 1.54) is 22.0 Å². The Kier molecular flexibility index (Phi) is 6.31. The Bertz CT molecular complexity index is 1430. The van der Waals surface area contributed by atoms with Crippen LogP contribution >= 0.6 is 11.3 Å². The lowest BCUT2D eigenvalue weighted by Gasteiger charge is -2.35. The van der Waals surface area contributed by atoms with E-state index in [9.17, 15) is 19.2 Å². The van der Waals surface area contributed by atoms with Crippen LogP contribution < -0.4 is 21.5 Å². The Balaban J connectivity index is 1.35. The van der Waals surface area contributed by atoms with Gasteiger partial charge >= 0.3 is 6.03 Å². The van der Waals surface area contributed by atoms with Crippen LogP contribution in [0.3, 0.4) is 0 Å². The van der Waals surface area contributed by atoms with Gasteiger partial charge in [-0.25, -0.2) is 4.79 Å². The van der Waals surface area contributed by atoms with E-state index in [1.807, 2.05) is 31.2 Å². The van der Waals surface area contributed by atoms with Gasteiger partial charge in [-0.05, 0) is 31.9 Å². The number of carbonyl (C=O) groups excluding carboxylic acids is 3. The van der Waals surface area contributed by atoms with Gasteiger partial charge in [0.25, 0.3) is 17.4 Å². The molecule has 2 aliphatic rings. The van der Waals surface area contributed by atoms with Crippen molar-refractivity contribution in [1.29, 1.82) is 0 Å². The number of piperidine rings is 1. The van der Waals surface area contributed by atoms with Crippen molar-refractivity contribution in [2.45, 2.75) is 31.8 Å². The minimum absolute atomic E-state index is 0.171. The number of carbonyl (C=O) groups is 3. The fourth-order valence-electron chi connectivity index (χ4n) is 4.64. The number of likely N-dealkylation sites (tertiary alicyclic amines) is 1. The molecule has 5 rings (SSSR count). The summed E-state index contributed by atoms with van der Waals surface area (Å²) in [6, 6.07) is 12.1. The first-order chi connectivity index (χ1) is 17.4. The lowest BCUT2D eigenvalue weighted by molar-refractivity contribution is -0.125. The van der Waals surface area contributed by atoms with Gasteiger partial charge in [-0.1, -0.05) is 24.3 Å². The van der Waals surface area contributed by atoms with E-state index in [-0.39, 0.29) is 29.9 Å². The largest absolute Gasteiger partial charge is 0.338 e. The smallest absolute Gasteiger partial charge is 0.319 e. The van der Waals surface area contributed by atoms with E-state index in [0.29, 0.717) is 48.9 Å². The Morgan fingerprint density at radius 1 is 1.11 bits per heavy atom. The van der Waals surface area contributed by atoms with Gasteiger partial charge in [0.1, 0.15) is 16.4 Å². The van der Waals surface area contributed by atoms with Crippen molar-refractivity contribution in [2.24, 2.45) is 4.99 Å². The summed E-state index contributed by atoms with van der Waals surface area (Å²) >= 11 is 1.36. The summed E-state index contributed by atoms with van der Waals surface area (Å²) in [6.07, 6.45) is 2.40. The first-order valence-electron chi connectivity index (χ1n) is 11.8. The number of aliphatic imine (C=N–C) groups is 1. The number of amides is 4. The normalized spacial score (nSPS) is 16.6. The molecule has 3 aromatic rings. The maximum Gasteiger partial charge on any atom is 0.319 e. The van der Waals surface area contributed by atoms with Crippen molar-refractivity contribution < 1.29 is 14.4 Å². The molecular weight excluding hydrogens is 480 g/mol. The molecule has 4 amide bonds. The highest BCUT2D eigenvalue weighted by molar-refractivity contribution is 7.23. The fourth-order valence-corrected chi connectivity index (χ4v) is 5.73. The highest BCUT2D eigenvalue weighted by Gasteiger charge is 2.46. The molecule has 0 atom stereocenters. The number of hydrogen-bond donors (Lipinski definition) is 3. The summed E-state index contributed by atoms with van der Waals surface area (Å²) in [5, 5.41) is 9.62. The number of nitrogens with one attached hydrogen (secondary N) is 3. The zero-order valence-corrected chi connectivity index (χ0v) is 20.6. The highest BCUT2D eigenvalue weighted by atomic mass is 32.1. The number of hydrogen-bond acceptors (Lipinski definition) is 6. The number of nitrogens with zero attached hydrogens (tertiary/aromatic N) is 3. The number of pyridine rings is 1. The summed E-state index contributed by atoms with van der Waals surface area (Å²) in [5.74, 6) is 0.0611. The van der Waals surface area contributed by atoms with Crippen LogP contribution in [0.2, 0.25) is 0 Å². The van der Waals surface area contributed by atoms with Gasteiger partial charge in [0, 0.05) is 42.0 Å². The van der Waals surface area contributed by atoms with Crippen LogP contribution in [-0.4, -0.2) is 58.3 Å². The fraction of sp³-hybridized carbons (Fsp3) is 0.320. The average molecular weight is 507 g/mol. The monoisotopic (exact) mass is 506 g/mol. The lowest BCUT2D eigenvalue weighted by atomic mass is 9.87. The molecule has 36 heavy (non-hydrogen) atoms. The highest BCUT2D eigenvalue weighted by Crippen LogP contribution is 2.38.